The molecule has 2 heterocycles. The molecule has 0 aromatic rings. The number of rotatable bonds is 13. The first-order chi connectivity index (χ1) is 21.2. The van der Waals surface area contributed by atoms with Crippen molar-refractivity contribution in [2.24, 2.45) is 33.7 Å². The number of aliphatic hydroxyl groups is 8. The monoisotopic (exact) mass is 655 g/mol. The van der Waals surface area contributed by atoms with E-state index in [0.717, 1.165) is 0 Å². The average molecular weight is 656 g/mol. The molecule has 1 aliphatic carbocycles. The van der Waals surface area contributed by atoms with Gasteiger partial charge in [0.25, 0.3) is 5.91 Å². The Morgan fingerprint density at radius 3 is 2.22 bits per heavy atom. The van der Waals surface area contributed by atoms with E-state index in [1.54, 1.807) is 0 Å². The molecule has 20 nitrogen and oxygen atoms in total. The minimum atomic E-state index is -1.93. The van der Waals surface area contributed by atoms with Crippen molar-refractivity contribution in [3.63, 3.8) is 0 Å². The first kappa shape index (κ1) is 37.8. The molecule has 1 amide bonds. The van der Waals surface area contributed by atoms with Crippen molar-refractivity contribution in [1.29, 1.82) is 0 Å². The van der Waals surface area contributed by atoms with Crippen LogP contribution in [0, 0.1) is 0 Å². The third-order valence-corrected chi connectivity index (χ3v) is 8.23. The van der Waals surface area contributed by atoms with Crippen LogP contribution in [-0.2, 0) is 23.7 Å². The Kier molecular flexibility index (Phi) is 14.2. The molecule has 2 aliphatic heterocycles. The second kappa shape index (κ2) is 16.9. The van der Waals surface area contributed by atoms with Crippen LogP contribution >= 0.6 is 0 Å². The summed E-state index contributed by atoms with van der Waals surface area (Å²) in [6.07, 6.45) is -16.1. The van der Waals surface area contributed by atoms with E-state index >= 15 is 0 Å². The molecule has 0 aromatic carbocycles. The van der Waals surface area contributed by atoms with E-state index in [2.05, 4.69) is 10.3 Å². The SMILES string of the molecule is NC[C@H](O)[C@H](O)C(=O)N[C@@H]1C[C@H](N)C(O[C@H]2O[C@H](CN=C(N)C(O)CO)CCC2N)C(O)C1O[C@H]1OC(CO)C(O)[C@H](N)C1O. The number of aliphatic hydroxyl groups excluding tert-OH is 8. The van der Waals surface area contributed by atoms with Crippen molar-refractivity contribution in [3.8, 4) is 0 Å². The molecule has 0 spiro atoms. The molecular weight excluding hydrogens is 606 g/mol. The zero-order valence-corrected chi connectivity index (χ0v) is 24.6. The number of hydrogen-bond donors (Lipinski definition) is 14. The lowest BCUT2D eigenvalue weighted by Crippen LogP contribution is -2.69. The van der Waals surface area contributed by atoms with Crippen LogP contribution in [0.3, 0.4) is 0 Å². The maximum absolute atomic E-state index is 12.7. The number of carbonyl (C=O) groups is 1. The summed E-state index contributed by atoms with van der Waals surface area (Å²) < 4.78 is 23.4. The Morgan fingerprint density at radius 1 is 0.933 bits per heavy atom. The number of aliphatic imine (C=N–C) groups is 1. The van der Waals surface area contributed by atoms with Gasteiger partial charge in [-0.15, -0.1) is 0 Å². The summed E-state index contributed by atoms with van der Waals surface area (Å²) >= 11 is 0. The fourth-order valence-corrected chi connectivity index (χ4v) is 5.39. The van der Waals surface area contributed by atoms with Crippen LogP contribution in [0.5, 0.6) is 0 Å². The molecule has 20 heteroatoms. The summed E-state index contributed by atoms with van der Waals surface area (Å²) in [5.74, 6) is -1.24. The van der Waals surface area contributed by atoms with Gasteiger partial charge in [0.15, 0.2) is 18.7 Å². The third-order valence-electron chi connectivity index (χ3n) is 8.23. The second-order valence-corrected chi connectivity index (χ2v) is 11.6. The predicted octanol–water partition coefficient (Wildman–Crippen LogP) is -8.68. The van der Waals surface area contributed by atoms with Gasteiger partial charge in [0.2, 0.25) is 0 Å². The van der Waals surface area contributed by atoms with Crippen LogP contribution in [-0.4, -0.2) is 177 Å². The lowest BCUT2D eigenvalue weighted by molar-refractivity contribution is -0.314. The molecule has 262 valence electrons. The van der Waals surface area contributed by atoms with Crippen LogP contribution in [0.25, 0.3) is 0 Å². The molecule has 3 fully saturated rings. The van der Waals surface area contributed by atoms with Gasteiger partial charge in [-0.2, -0.15) is 0 Å². The number of ether oxygens (including phenoxy) is 4. The van der Waals surface area contributed by atoms with Gasteiger partial charge >= 0.3 is 0 Å². The van der Waals surface area contributed by atoms with Gasteiger partial charge in [-0.25, -0.2) is 0 Å². The van der Waals surface area contributed by atoms with Crippen molar-refractivity contribution in [3.05, 3.63) is 0 Å². The van der Waals surface area contributed by atoms with Gasteiger partial charge in [0.1, 0.15) is 54.7 Å². The van der Waals surface area contributed by atoms with Crippen molar-refractivity contribution in [2.75, 3.05) is 26.3 Å². The van der Waals surface area contributed by atoms with Crippen LogP contribution in [0.4, 0.5) is 0 Å². The third kappa shape index (κ3) is 9.22. The van der Waals surface area contributed by atoms with E-state index in [1.165, 1.54) is 0 Å². The Morgan fingerprint density at radius 2 is 1.60 bits per heavy atom. The Bertz CT molecular complexity index is 970. The largest absolute Gasteiger partial charge is 0.394 e. The van der Waals surface area contributed by atoms with E-state index in [4.69, 9.17) is 52.7 Å². The van der Waals surface area contributed by atoms with E-state index in [-0.39, 0.29) is 18.8 Å². The summed E-state index contributed by atoms with van der Waals surface area (Å²) in [4.78, 5) is 16.8. The smallest absolute Gasteiger partial charge is 0.251 e. The highest BCUT2D eigenvalue weighted by Gasteiger charge is 2.51. The van der Waals surface area contributed by atoms with E-state index < -0.39 is 123 Å². The second-order valence-electron chi connectivity index (χ2n) is 11.6. The highest BCUT2D eigenvalue weighted by Crippen LogP contribution is 2.31. The van der Waals surface area contributed by atoms with E-state index in [9.17, 15) is 40.5 Å². The van der Waals surface area contributed by atoms with Gasteiger partial charge in [-0.05, 0) is 19.3 Å². The van der Waals surface area contributed by atoms with E-state index in [1.807, 2.05) is 0 Å². The fourth-order valence-electron chi connectivity index (χ4n) is 5.39. The van der Waals surface area contributed by atoms with Crippen molar-refractivity contribution in [1.82, 2.24) is 5.32 Å². The highest BCUT2D eigenvalue weighted by atomic mass is 16.7. The van der Waals surface area contributed by atoms with Gasteiger partial charge in [0, 0.05) is 12.6 Å². The zero-order chi connectivity index (χ0) is 33.6. The topological polar surface area (TPSA) is 370 Å². The fraction of sp³-hybridized carbons (Fsp3) is 0.920. The number of nitrogens with one attached hydrogen (secondary N) is 1. The molecule has 0 radical (unpaired) electrons. The van der Waals surface area contributed by atoms with Gasteiger partial charge in [-0.1, -0.05) is 0 Å². The molecule has 19 N–H and O–H groups in total. The van der Waals surface area contributed by atoms with Crippen LogP contribution in [0.15, 0.2) is 4.99 Å². The van der Waals surface area contributed by atoms with Crippen LogP contribution in [0.1, 0.15) is 19.3 Å². The number of nitrogens with two attached hydrogens (primary N) is 5. The average Bonchev–Trinajstić information content (AvgIpc) is 3.03. The molecular formula is C25H49N7O13. The van der Waals surface area contributed by atoms with E-state index in [0.29, 0.717) is 12.8 Å². The summed E-state index contributed by atoms with van der Waals surface area (Å²) in [5, 5.41) is 83.1. The van der Waals surface area contributed by atoms with Gasteiger partial charge in [-0.3, -0.25) is 9.79 Å². The quantitative estimate of drug-likeness (QED) is 0.0646. The number of amidine groups is 1. The number of amides is 1. The molecule has 2 saturated heterocycles. The molecule has 3 aliphatic rings. The number of carbonyl (C=O) groups excluding carboxylic acids is 1. The lowest BCUT2D eigenvalue weighted by atomic mass is 9.83. The normalized spacial score (nSPS) is 41.7. The Balaban J connectivity index is 1.81. The highest BCUT2D eigenvalue weighted by molar-refractivity contribution is 5.84. The van der Waals surface area contributed by atoms with Crippen molar-refractivity contribution >= 4 is 11.7 Å². The summed E-state index contributed by atoms with van der Waals surface area (Å²) in [6.45, 7) is -1.70. The number of nitrogens with zero attached hydrogens (tertiary/aromatic N) is 1. The first-order valence-corrected chi connectivity index (χ1v) is 14.7. The van der Waals surface area contributed by atoms with Crippen LogP contribution in [0.2, 0.25) is 0 Å². The predicted molar refractivity (Wildman–Crippen MR) is 153 cm³/mol. The molecule has 0 aromatic heterocycles. The van der Waals surface area contributed by atoms with Crippen molar-refractivity contribution in [2.45, 2.75) is 117 Å². The van der Waals surface area contributed by atoms with Crippen molar-refractivity contribution < 1.29 is 64.6 Å². The molecule has 8 unspecified atom stereocenters. The standard InChI is InChI=1S/C25H49N7O13/c26-4-12(35)16(37)23(41)32-11-3-10(28)20(19(40)21(11)45-25-18(39)15(29)17(38)14(7-34)43-25)44-24-9(27)2-1-8(42-24)5-31-22(30)13(36)6-33/h8-21,24-25,33-40H,1-7,26-29H2,(H2,30,31)(H,32,41)/t8-,9?,10-,11+,12-,13?,14?,15-,16-,17?,18?,19?,20?,21?,24+,25+/m0/s1. The number of hydrogen-bond acceptors (Lipinski definition) is 18. The molecule has 16 atom stereocenters. The van der Waals surface area contributed by atoms with Crippen LogP contribution < -0.4 is 34.0 Å². The summed E-state index contributed by atoms with van der Waals surface area (Å²) in [6, 6.07) is -4.12. The summed E-state index contributed by atoms with van der Waals surface area (Å²) in [7, 11) is 0. The maximum Gasteiger partial charge on any atom is 0.251 e. The zero-order valence-electron chi connectivity index (χ0n) is 24.6. The maximum atomic E-state index is 12.7. The minimum Gasteiger partial charge on any atom is -0.394 e. The first-order valence-electron chi connectivity index (χ1n) is 14.7. The van der Waals surface area contributed by atoms with Gasteiger partial charge in [0.05, 0.1) is 44.0 Å². The molecule has 3 rings (SSSR count). The minimum absolute atomic E-state index is 0.0145. The molecule has 0 bridgehead atoms. The summed E-state index contributed by atoms with van der Waals surface area (Å²) in [5.41, 5.74) is 29.5. The van der Waals surface area contributed by atoms with Gasteiger partial charge < -0.3 is 93.8 Å². The molecule has 45 heavy (non-hydrogen) atoms. The Labute approximate surface area is 259 Å². The lowest BCUT2D eigenvalue weighted by Gasteiger charge is -2.48. The Hall–Kier alpha value is -1.70. The molecule has 1 saturated carbocycles.